The van der Waals surface area contributed by atoms with Crippen LogP contribution in [0.25, 0.3) is 0 Å². The lowest BCUT2D eigenvalue weighted by atomic mass is 10.2. The molecule has 112 valence electrons. The summed E-state index contributed by atoms with van der Waals surface area (Å²) < 4.78 is 9.52. The van der Waals surface area contributed by atoms with Crippen LogP contribution < -0.4 is 10.6 Å². The molecule has 2 N–H and O–H groups in total. The first-order valence-corrected chi connectivity index (χ1v) is 5.97. The van der Waals surface area contributed by atoms with Crippen molar-refractivity contribution < 1.29 is 23.9 Å². The van der Waals surface area contributed by atoms with Crippen LogP contribution >= 0.6 is 0 Å². The van der Waals surface area contributed by atoms with Gasteiger partial charge in [0.05, 0.1) is 20.1 Å². The summed E-state index contributed by atoms with van der Waals surface area (Å²) in [6.07, 6.45) is 3.91. The number of ether oxygens (including phenoxy) is 2. The molecule has 0 aliphatic rings. The lowest BCUT2D eigenvalue weighted by molar-refractivity contribution is -0.144. The van der Waals surface area contributed by atoms with Crippen LogP contribution in [-0.4, -0.2) is 43.3 Å². The first-order valence-electron chi connectivity index (χ1n) is 5.97. The molecule has 0 aromatic heterocycles. The van der Waals surface area contributed by atoms with Crippen LogP contribution in [0, 0.1) is 12.3 Å². The highest BCUT2D eigenvalue weighted by molar-refractivity contribution is 5.88. The number of esters is 1. The zero-order chi connectivity index (χ0) is 15.8. The average molecular weight is 284 g/mol. The van der Waals surface area contributed by atoms with E-state index in [1.165, 1.54) is 0 Å². The van der Waals surface area contributed by atoms with Gasteiger partial charge in [-0.05, 0) is 20.8 Å². The fraction of sp³-hybridized carbons (Fsp3) is 0.615. The number of hydrogen-bond acceptors (Lipinski definition) is 5. The summed E-state index contributed by atoms with van der Waals surface area (Å²) in [4.78, 5) is 34.6. The van der Waals surface area contributed by atoms with Gasteiger partial charge >= 0.3 is 12.1 Å². The van der Waals surface area contributed by atoms with Gasteiger partial charge in [0, 0.05) is 0 Å². The van der Waals surface area contributed by atoms with Crippen molar-refractivity contribution in [2.75, 3.05) is 13.7 Å². The highest BCUT2D eigenvalue weighted by atomic mass is 16.6. The van der Waals surface area contributed by atoms with Crippen LogP contribution in [0.4, 0.5) is 4.79 Å². The number of rotatable bonds is 5. The summed E-state index contributed by atoms with van der Waals surface area (Å²) in [5, 5.41) is 4.67. The van der Waals surface area contributed by atoms with Gasteiger partial charge in [-0.15, -0.1) is 6.42 Å². The second kappa shape index (κ2) is 8.04. The summed E-state index contributed by atoms with van der Waals surface area (Å²) >= 11 is 0. The zero-order valence-corrected chi connectivity index (χ0v) is 12.1. The fourth-order valence-electron chi connectivity index (χ4n) is 1.19. The summed E-state index contributed by atoms with van der Waals surface area (Å²) in [5.41, 5.74) is -0.712. The normalized spacial score (nSPS) is 11.8. The van der Waals surface area contributed by atoms with Gasteiger partial charge in [-0.25, -0.2) is 9.59 Å². The number of amides is 2. The largest absolute Gasteiger partial charge is 0.467 e. The van der Waals surface area contributed by atoms with Crippen LogP contribution in [0.15, 0.2) is 0 Å². The molecule has 20 heavy (non-hydrogen) atoms. The maximum atomic E-state index is 11.6. The Morgan fingerprint density at radius 2 is 1.90 bits per heavy atom. The van der Waals surface area contributed by atoms with Crippen molar-refractivity contribution in [1.29, 1.82) is 0 Å². The van der Waals surface area contributed by atoms with Crippen molar-refractivity contribution in [1.82, 2.24) is 10.6 Å². The molecule has 0 spiro atoms. The summed E-state index contributed by atoms with van der Waals surface area (Å²) in [6.45, 7) is 5.08. The number of carbonyl (C=O) groups excluding carboxylic acids is 3. The average Bonchev–Trinajstić information content (AvgIpc) is 2.32. The minimum Gasteiger partial charge on any atom is -0.467 e. The van der Waals surface area contributed by atoms with Gasteiger partial charge in [0.2, 0.25) is 5.91 Å². The molecule has 1 atom stereocenters. The Hall–Kier alpha value is -2.23. The van der Waals surface area contributed by atoms with Crippen molar-refractivity contribution in [2.24, 2.45) is 0 Å². The van der Waals surface area contributed by atoms with Crippen LogP contribution in [0.5, 0.6) is 0 Å². The number of alkyl carbamates (subject to hydrolysis) is 1. The van der Waals surface area contributed by atoms with Crippen LogP contribution in [0.2, 0.25) is 0 Å². The standard InChI is InChI=1S/C13H20N2O5/c1-6-7-14-10(16)8-9(11(17)19-5)15-12(18)20-13(2,3)4/h1,9H,7-8H2,2-5H3,(H,14,16)(H,15,18)/t9-/m1/s1. The smallest absolute Gasteiger partial charge is 0.408 e. The van der Waals surface area contributed by atoms with Gasteiger partial charge in [0.25, 0.3) is 0 Å². The second-order valence-corrected chi connectivity index (χ2v) is 4.91. The van der Waals surface area contributed by atoms with Crippen molar-refractivity contribution in [3.05, 3.63) is 0 Å². The lowest BCUT2D eigenvalue weighted by Gasteiger charge is -2.22. The number of hydrogen-bond donors (Lipinski definition) is 2. The molecule has 0 fully saturated rings. The predicted molar refractivity (Wildman–Crippen MR) is 71.6 cm³/mol. The quantitative estimate of drug-likeness (QED) is 0.555. The van der Waals surface area contributed by atoms with E-state index >= 15 is 0 Å². The zero-order valence-electron chi connectivity index (χ0n) is 12.1. The Balaban J connectivity index is 4.58. The fourth-order valence-corrected chi connectivity index (χ4v) is 1.19. The van der Waals surface area contributed by atoms with Gasteiger partial charge < -0.3 is 20.1 Å². The molecule has 0 radical (unpaired) electrons. The molecule has 0 bridgehead atoms. The maximum Gasteiger partial charge on any atom is 0.408 e. The molecule has 0 aliphatic carbocycles. The Bertz CT molecular complexity index is 406. The maximum absolute atomic E-state index is 11.6. The Labute approximate surface area is 118 Å². The lowest BCUT2D eigenvalue weighted by Crippen LogP contribution is -2.46. The summed E-state index contributed by atoms with van der Waals surface area (Å²) in [6, 6.07) is -1.13. The third-order valence-corrected chi connectivity index (χ3v) is 1.95. The van der Waals surface area contributed by atoms with Crippen LogP contribution in [0.1, 0.15) is 27.2 Å². The topological polar surface area (TPSA) is 93.7 Å². The molecule has 2 amide bonds. The Kier molecular flexibility index (Phi) is 7.15. The molecule has 7 nitrogen and oxygen atoms in total. The minimum atomic E-state index is -1.13. The van der Waals surface area contributed by atoms with E-state index in [9.17, 15) is 14.4 Å². The molecule has 0 saturated heterocycles. The van der Waals surface area contributed by atoms with E-state index in [4.69, 9.17) is 11.2 Å². The molecule has 0 aliphatic heterocycles. The van der Waals surface area contributed by atoms with Crippen molar-refractivity contribution in [3.8, 4) is 12.3 Å². The van der Waals surface area contributed by atoms with Gasteiger partial charge in [-0.1, -0.05) is 5.92 Å². The van der Waals surface area contributed by atoms with E-state index in [0.29, 0.717) is 0 Å². The van der Waals surface area contributed by atoms with Gasteiger partial charge in [-0.3, -0.25) is 4.79 Å². The molecule has 0 heterocycles. The van der Waals surface area contributed by atoms with Crippen molar-refractivity contribution in [2.45, 2.75) is 38.8 Å². The van der Waals surface area contributed by atoms with E-state index in [1.54, 1.807) is 20.8 Å². The molecule has 0 aromatic carbocycles. The van der Waals surface area contributed by atoms with E-state index in [-0.39, 0.29) is 13.0 Å². The molecular formula is C13H20N2O5. The number of carbonyl (C=O) groups is 3. The van der Waals surface area contributed by atoms with Gasteiger partial charge in [-0.2, -0.15) is 0 Å². The number of terminal acetylenes is 1. The molecule has 0 aromatic rings. The summed E-state index contributed by atoms with van der Waals surface area (Å²) in [7, 11) is 1.16. The van der Waals surface area contributed by atoms with Crippen LogP contribution in [0.3, 0.4) is 0 Å². The van der Waals surface area contributed by atoms with Gasteiger partial charge in [0.15, 0.2) is 0 Å². The molecule has 0 unspecified atom stereocenters. The van der Waals surface area contributed by atoms with E-state index in [1.807, 2.05) is 0 Å². The van der Waals surface area contributed by atoms with Crippen molar-refractivity contribution in [3.63, 3.8) is 0 Å². The third kappa shape index (κ3) is 7.97. The van der Waals surface area contributed by atoms with E-state index in [2.05, 4.69) is 21.3 Å². The monoisotopic (exact) mass is 284 g/mol. The molecule has 7 heteroatoms. The number of nitrogens with one attached hydrogen (secondary N) is 2. The number of methoxy groups -OCH3 is 1. The summed E-state index contributed by atoms with van der Waals surface area (Å²) in [5.74, 6) is 1.01. The predicted octanol–water partition coefficient (Wildman–Crippen LogP) is 0.192. The van der Waals surface area contributed by atoms with E-state index < -0.39 is 29.6 Å². The van der Waals surface area contributed by atoms with E-state index in [0.717, 1.165) is 7.11 Å². The highest BCUT2D eigenvalue weighted by Crippen LogP contribution is 2.07. The highest BCUT2D eigenvalue weighted by Gasteiger charge is 2.27. The molecular weight excluding hydrogens is 264 g/mol. The minimum absolute atomic E-state index is 0.0408. The third-order valence-electron chi connectivity index (χ3n) is 1.95. The first-order chi connectivity index (χ1) is 9.19. The van der Waals surface area contributed by atoms with Crippen LogP contribution in [-0.2, 0) is 19.1 Å². The Morgan fingerprint density at radius 1 is 1.30 bits per heavy atom. The van der Waals surface area contributed by atoms with Gasteiger partial charge in [0.1, 0.15) is 11.6 Å². The first kappa shape index (κ1) is 17.8. The Morgan fingerprint density at radius 3 is 2.35 bits per heavy atom. The molecule has 0 rings (SSSR count). The second-order valence-electron chi connectivity index (χ2n) is 4.91. The SMILES string of the molecule is C#CCNC(=O)C[C@@H](NC(=O)OC(C)(C)C)C(=O)OC. The van der Waals surface area contributed by atoms with Crippen molar-refractivity contribution >= 4 is 18.0 Å². The molecule has 0 saturated carbocycles.